The van der Waals surface area contributed by atoms with Crippen molar-refractivity contribution < 1.29 is 4.74 Å². The van der Waals surface area contributed by atoms with Gasteiger partial charge in [0.15, 0.2) is 5.96 Å². The molecule has 5 nitrogen and oxygen atoms in total. The number of morpholine rings is 1. The third-order valence-corrected chi connectivity index (χ3v) is 4.67. The molecule has 0 aliphatic carbocycles. The summed E-state index contributed by atoms with van der Waals surface area (Å²) in [4.78, 5) is 7.25. The van der Waals surface area contributed by atoms with Crippen LogP contribution in [0.5, 0.6) is 0 Å². The van der Waals surface area contributed by atoms with Gasteiger partial charge < -0.3 is 15.4 Å². The highest BCUT2D eigenvalue weighted by atomic mass is 35.5. The van der Waals surface area contributed by atoms with Gasteiger partial charge in [-0.2, -0.15) is 0 Å². The van der Waals surface area contributed by atoms with Gasteiger partial charge >= 0.3 is 0 Å². The van der Waals surface area contributed by atoms with Gasteiger partial charge in [-0.05, 0) is 44.9 Å². The Hall–Kier alpha value is -1.30. The predicted molar refractivity (Wildman–Crippen MR) is 106 cm³/mol. The molecule has 1 fully saturated rings. The van der Waals surface area contributed by atoms with Crippen molar-refractivity contribution in [3.8, 4) is 0 Å². The lowest BCUT2D eigenvalue weighted by Gasteiger charge is -2.39. The predicted octanol–water partition coefficient (Wildman–Crippen LogP) is 2.55. The Kier molecular flexibility index (Phi) is 8.00. The Labute approximate surface area is 156 Å². The van der Waals surface area contributed by atoms with Crippen LogP contribution in [0.3, 0.4) is 0 Å². The van der Waals surface area contributed by atoms with Gasteiger partial charge in [-0.3, -0.25) is 9.89 Å². The molecule has 1 aliphatic heterocycles. The smallest absolute Gasteiger partial charge is 0.191 e. The number of halogens is 1. The van der Waals surface area contributed by atoms with Gasteiger partial charge in [-0.25, -0.2) is 0 Å². The SMILES string of the molecule is CCNC(=NCC(C)(C)N1CCOCC1)NCCc1cccc(Cl)c1. The molecule has 2 rings (SSSR count). The molecular formula is C19H31ClN4O. The zero-order valence-corrected chi connectivity index (χ0v) is 16.4. The van der Waals surface area contributed by atoms with Gasteiger partial charge in [0, 0.05) is 36.7 Å². The summed E-state index contributed by atoms with van der Waals surface area (Å²) in [6.45, 7) is 12.6. The summed E-state index contributed by atoms with van der Waals surface area (Å²) in [5.41, 5.74) is 1.25. The van der Waals surface area contributed by atoms with Crippen molar-refractivity contribution in [3.63, 3.8) is 0 Å². The highest BCUT2D eigenvalue weighted by Crippen LogP contribution is 2.16. The first-order valence-electron chi connectivity index (χ1n) is 9.10. The highest BCUT2D eigenvalue weighted by Gasteiger charge is 2.28. The van der Waals surface area contributed by atoms with Crippen LogP contribution < -0.4 is 10.6 Å². The Bertz CT molecular complexity index is 556. The molecule has 6 heteroatoms. The van der Waals surface area contributed by atoms with E-state index in [1.807, 2.05) is 18.2 Å². The first kappa shape index (κ1) is 20.0. The summed E-state index contributed by atoms with van der Waals surface area (Å²) >= 11 is 6.04. The molecule has 0 aromatic heterocycles. The maximum absolute atomic E-state index is 6.04. The van der Waals surface area contributed by atoms with E-state index in [1.54, 1.807) is 0 Å². The van der Waals surface area contributed by atoms with Crippen molar-refractivity contribution in [2.45, 2.75) is 32.7 Å². The largest absolute Gasteiger partial charge is 0.379 e. The van der Waals surface area contributed by atoms with Gasteiger partial charge in [0.1, 0.15) is 0 Å². The molecule has 0 bridgehead atoms. The lowest BCUT2D eigenvalue weighted by molar-refractivity contribution is -0.00683. The van der Waals surface area contributed by atoms with E-state index in [1.165, 1.54) is 5.56 Å². The summed E-state index contributed by atoms with van der Waals surface area (Å²) in [6.07, 6.45) is 0.915. The molecule has 1 aromatic carbocycles. The Morgan fingerprint density at radius 3 is 2.72 bits per heavy atom. The topological polar surface area (TPSA) is 48.9 Å². The van der Waals surface area contributed by atoms with E-state index in [0.717, 1.165) is 63.3 Å². The molecule has 1 saturated heterocycles. The number of hydrogen-bond acceptors (Lipinski definition) is 3. The maximum Gasteiger partial charge on any atom is 0.191 e. The van der Waals surface area contributed by atoms with Gasteiger partial charge in [-0.15, -0.1) is 0 Å². The van der Waals surface area contributed by atoms with Crippen molar-refractivity contribution in [1.29, 1.82) is 0 Å². The molecule has 0 atom stereocenters. The zero-order chi connectivity index (χ0) is 18.1. The van der Waals surface area contributed by atoms with Crippen molar-refractivity contribution in [3.05, 3.63) is 34.9 Å². The summed E-state index contributed by atoms with van der Waals surface area (Å²) < 4.78 is 5.45. The number of hydrogen-bond donors (Lipinski definition) is 2. The molecule has 1 heterocycles. The molecular weight excluding hydrogens is 336 g/mol. The summed E-state index contributed by atoms with van der Waals surface area (Å²) in [5, 5.41) is 7.52. The molecule has 0 unspecified atom stereocenters. The minimum atomic E-state index is 0.0269. The van der Waals surface area contributed by atoms with Gasteiger partial charge in [0.25, 0.3) is 0 Å². The van der Waals surface area contributed by atoms with Crippen LogP contribution in [0.2, 0.25) is 5.02 Å². The summed E-state index contributed by atoms with van der Waals surface area (Å²) in [6, 6.07) is 7.99. The number of rotatable bonds is 7. The summed E-state index contributed by atoms with van der Waals surface area (Å²) in [7, 11) is 0. The molecule has 0 saturated carbocycles. The van der Waals surface area contributed by atoms with Crippen LogP contribution in [0.15, 0.2) is 29.3 Å². The lowest BCUT2D eigenvalue weighted by atomic mass is 10.0. The summed E-state index contributed by atoms with van der Waals surface area (Å²) in [5.74, 6) is 0.867. The normalized spacial score (nSPS) is 16.7. The second kappa shape index (κ2) is 10.00. The van der Waals surface area contributed by atoms with E-state index in [0.29, 0.717) is 0 Å². The van der Waals surface area contributed by atoms with Crippen molar-refractivity contribution in [1.82, 2.24) is 15.5 Å². The average molecular weight is 367 g/mol. The second-order valence-electron chi connectivity index (χ2n) is 6.91. The number of nitrogens with one attached hydrogen (secondary N) is 2. The Balaban J connectivity index is 1.86. The maximum atomic E-state index is 6.04. The number of benzene rings is 1. The molecule has 1 aliphatic rings. The number of nitrogens with zero attached hydrogens (tertiary/aromatic N) is 2. The van der Waals surface area contributed by atoms with E-state index in [2.05, 4.69) is 42.4 Å². The quantitative estimate of drug-likeness (QED) is 0.575. The van der Waals surface area contributed by atoms with Crippen LogP contribution in [-0.4, -0.2) is 62.3 Å². The van der Waals surface area contributed by atoms with E-state index < -0.39 is 0 Å². The minimum absolute atomic E-state index is 0.0269. The third-order valence-electron chi connectivity index (χ3n) is 4.43. The van der Waals surface area contributed by atoms with Crippen LogP contribution >= 0.6 is 11.6 Å². The van der Waals surface area contributed by atoms with Crippen LogP contribution in [0, 0.1) is 0 Å². The van der Waals surface area contributed by atoms with Gasteiger partial charge in [0.2, 0.25) is 0 Å². The van der Waals surface area contributed by atoms with E-state index in [9.17, 15) is 0 Å². The van der Waals surface area contributed by atoms with Gasteiger partial charge in [0.05, 0.1) is 19.8 Å². The van der Waals surface area contributed by atoms with Crippen molar-refractivity contribution >= 4 is 17.6 Å². The van der Waals surface area contributed by atoms with Crippen LogP contribution in [0.1, 0.15) is 26.3 Å². The molecule has 25 heavy (non-hydrogen) atoms. The fraction of sp³-hybridized carbons (Fsp3) is 0.632. The zero-order valence-electron chi connectivity index (χ0n) is 15.6. The van der Waals surface area contributed by atoms with Crippen LogP contribution in [0.25, 0.3) is 0 Å². The molecule has 0 spiro atoms. The molecule has 1 aromatic rings. The van der Waals surface area contributed by atoms with E-state index in [-0.39, 0.29) is 5.54 Å². The Morgan fingerprint density at radius 2 is 2.04 bits per heavy atom. The number of ether oxygens (including phenoxy) is 1. The third kappa shape index (κ3) is 6.84. The monoisotopic (exact) mass is 366 g/mol. The van der Waals surface area contributed by atoms with Crippen molar-refractivity contribution in [2.24, 2.45) is 4.99 Å². The fourth-order valence-electron chi connectivity index (χ4n) is 2.90. The van der Waals surface area contributed by atoms with Crippen molar-refractivity contribution in [2.75, 3.05) is 45.9 Å². The number of guanidine groups is 1. The number of aliphatic imine (C=N–C) groups is 1. The van der Waals surface area contributed by atoms with Crippen LogP contribution in [-0.2, 0) is 11.2 Å². The first-order chi connectivity index (χ1) is 12.0. The first-order valence-corrected chi connectivity index (χ1v) is 9.48. The van der Waals surface area contributed by atoms with Gasteiger partial charge in [-0.1, -0.05) is 23.7 Å². The second-order valence-corrected chi connectivity index (χ2v) is 7.35. The van der Waals surface area contributed by atoms with E-state index in [4.69, 9.17) is 21.3 Å². The Morgan fingerprint density at radius 1 is 1.28 bits per heavy atom. The van der Waals surface area contributed by atoms with E-state index >= 15 is 0 Å². The van der Waals surface area contributed by atoms with Crippen LogP contribution in [0.4, 0.5) is 0 Å². The standard InChI is InChI=1S/C19H31ClN4O/c1-4-21-18(22-9-8-16-6-5-7-17(20)14-16)23-15-19(2,3)24-10-12-25-13-11-24/h5-7,14H,4,8-13,15H2,1-3H3,(H2,21,22,23). The molecule has 140 valence electrons. The molecule has 0 amide bonds. The molecule has 0 radical (unpaired) electrons. The minimum Gasteiger partial charge on any atom is -0.379 e. The fourth-order valence-corrected chi connectivity index (χ4v) is 3.11. The molecule has 2 N–H and O–H groups in total. The average Bonchev–Trinajstić information content (AvgIpc) is 2.60. The lowest BCUT2D eigenvalue weighted by Crippen LogP contribution is -2.52. The highest BCUT2D eigenvalue weighted by molar-refractivity contribution is 6.30.